The van der Waals surface area contributed by atoms with Crippen LogP contribution in [0.2, 0.25) is 0 Å². The van der Waals surface area contributed by atoms with Crippen LogP contribution in [-0.4, -0.2) is 23.2 Å². The van der Waals surface area contributed by atoms with E-state index in [2.05, 4.69) is 5.32 Å². The Morgan fingerprint density at radius 1 is 1.03 bits per heavy atom. The average molecular weight is 453 g/mol. The number of thiophene rings is 1. The first-order valence-electron chi connectivity index (χ1n) is 8.93. The summed E-state index contributed by atoms with van der Waals surface area (Å²) in [5.74, 6) is 0.387. The summed E-state index contributed by atoms with van der Waals surface area (Å²) in [7, 11) is 0. The number of thiocarbonyl (C=S) groups is 1. The first-order chi connectivity index (χ1) is 14.6. The number of carbonyl (C=O) groups is 2. The summed E-state index contributed by atoms with van der Waals surface area (Å²) in [6.07, 6.45) is 3.57. The number of carbonyl (C=O) groups excluding carboxylic acids is 2. The maximum Gasteiger partial charge on any atom is 0.270 e. The molecule has 3 aromatic rings. The monoisotopic (exact) mass is 452 g/mol. The molecule has 30 heavy (non-hydrogen) atoms. The van der Waals surface area contributed by atoms with Crippen molar-refractivity contribution in [2.24, 2.45) is 0 Å². The van der Waals surface area contributed by atoms with Crippen LogP contribution in [0, 0.1) is 0 Å². The molecule has 0 radical (unpaired) electrons. The number of amides is 2. The van der Waals surface area contributed by atoms with Crippen molar-refractivity contribution >= 4 is 64.0 Å². The van der Waals surface area contributed by atoms with Gasteiger partial charge in [-0.25, -0.2) is 0 Å². The van der Waals surface area contributed by atoms with Crippen molar-refractivity contribution in [1.82, 2.24) is 5.32 Å². The van der Waals surface area contributed by atoms with Gasteiger partial charge in [-0.15, -0.1) is 23.1 Å². The Labute approximate surface area is 187 Å². The van der Waals surface area contributed by atoms with E-state index >= 15 is 0 Å². The van der Waals surface area contributed by atoms with Gasteiger partial charge in [-0.2, -0.15) is 0 Å². The van der Waals surface area contributed by atoms with Crippen molar-refractivity contribution in [2.45, 2.75) is 4.21 Å². The summed E-state index contributed by atoms with van der Waals surface area (Å²) in [6.45, 7) is 0. The molecule has 0 bridgehead atoms. The molecular weight excluding hydrogens is 436 g/mol. The fourth-order valence-electron chi connectivity index (χ4n) is 2.91. The number of rotatable bonds is 5. The number of nitrogens with one attached hydrogen (secondary N) is 1. The van der Waals surface area contributed by atoms with E-state index in [0.717, 1.165) is 9.77 Å². The van der Waals surface area contributed by atoms with Crippen LogP contribution in [0.4, 0.5) is 5.69 Å². The van der Waals surface area contributed by atoms with E-state index in [-0.39, 0.29) is 10.7 Å². The molecular formula is C22H16N2O3S3. The predicted molar refractivity (Wildman–Crippen MR) is 125 cm³/mol. The lowest BCUT2D eigenvalue weighted by Crippen LogP contribution is -2.54. The molecule has 2 aromatic carbocycles. The Morgan fingerprint density at radius 3 is 2.43 bits per heavy atom. The fourth-order valence-corrected chi connectivity index (χ4v) is 4.71. The lowest BCUT2D eigenvalue weighted by Gasteiger charge is -2.29. The van der Waals surface area contributed by atoms with Gasteiger partial charge in [-0.3, -0.25) is 19.8 Å². The minimum atomic E-state index is -0.497. The molecule has 0 spiro atoms. The van der Waals surface area contributed by atoms with E-state index < -0.39 is 11.8 Å². The lowest BCUT2D eigenvalue weighted by molar-refractivity contribution is -0.122. The number of anilines is 1. The summed E-state index contributed by atoms with van der Waals surface area (Å²) in [5, 5.41) is 4.59. The van der Waals surface area contributed by atoms with Crippen molar-refractivity contribution in [3.05, 3.63) is 77.2 Å². The van der Waals surface area contributed by atoms with Crippen LogP contribution in [0.15, 0.2) is 75.8 Å². The van der Waals surface area contributed by atoms with Crippen LogP contribution < -0.4 is 15.0 Å². The first kappa shape index (κ1) is 20.3. The van der Waals surface area contributed by atoms with Gasteiger partial charge in [0.1, 0.15) is 17.1 Å². The molecule has 1 aromatic heterocycles. The molecule has 0 aliphatic carbocycles. The van der Waals surface area contributed by atoms with Gasteiger partial charge in [0.2, 0.25) is 0 Å². The quantitative estimate of drug-likeness (QED) is 0.253. The smallest absolute Gasteiger partial charge is 0.270 e. The molecule has 8 heteroatoms. The number of ether oxygens (including phenoxy) is 1. The highest BCUT2D eigenvalue weighted by Crippen LogP contribution is 2.31. The number of thioether (sulfide) groups is 1. The van der Waals surface area contributed by atoms with Gasteiger partial charge in [0, 0.05) is 0 Å². The van der Waals surface area contributed by atoms with E-state index in [9.17, 15) is 9.59 Å². The molecule has 0 saturated carbocycles. The maximum atomic E-state index is 13.1. The Hall–Kier alpha value is -2.94. The minimum absolute atomic E-state index is 0.0434. The van der Waals surface area contributed by atoms with Gasteiger partial charge < -0.3 is 4.74 Å². The predicted octanol–water partition coefficient (Wildman–Crippen LogP) is 5.09. The first-order valence-corrected chi connectivity index (χ1v) is 11.4. The molecule has 1 saturated heterocycles. The van der Waals surface area contributed by atoms with Crippen LogP contribution in [-0.2, 0) is 9.59 Å². The van der Waals surface area contributed by atoms with Crippen molar-refractivity contribution in [3.8, 4) is 11.5 Å². The number of nitrogens with zero attached hydrogens (tertiary/aromatic N) is 1. The van der Waals surface area contributed by atoms with E-state index in [4.69, 9.17) is 17.0 Å². The molecule has 150 valence electrons. The third kappa shape index (κ3) is 4.16. The Morgan fingerprint density at radius 2 is 1.73 bits per heavy atom. The second-order valence-corrected chi connectivity index (χ2v) is 8.61. The van der Waals surface area contributed by atoms with Crippen molar-refractivity contribution in [2.75, 3.05) is 11.2 Å². The minimum Gasteiger partial charge on any atom is -0.457 e. The van der Waals surface area contributed by atoms with Crippen molar-refractivity contribution < 1.29 is 14.3 Å². The Balaban J connectivity index is 1.60. The summed E-state index contributed by atoms with van der Waals surface area (Å²) in [4.78, 5) is 26.9. The van der Waals surface area contributed by atoms with Crippen LogP contribution in [0.1, 0.15) is 5.56 Å². The topological polar surface area (TPSA) is 58.6 Å². The van der Waals surface area contributed by atoms with Gasteiger partial charge in [0.25, 0.3) is 11.8 Å². The standard InChI is InChI=1S/C22H16N2O3S3/c1-29-21-14(11-12-30-21)13-18-19(25)23-22(28)24(20(18)26)15-7-9-17(10-8-15)27-16-5-3-2-4-6-16/h2-13H,1H3,(H,23,25,28). The molecule has 1 N–H and O–H groups in total. The summed E-state index contributed by atoms with van der Waals surface area (Å²) in [5.41, 5.74) is 1.43. The zero-order chi connectivity index (χ0) is 21.1. The molecule has 4 rings (SSSR count). The average Bonchev–Trinajstić information content (AvgIpc) is 3.20. The number of para-hydroxylation sites is 1. The second-order valence-electron chi connectivity index (χ2n) is 6.23. The van der Waals surface area contributed by atoms with E-state index in [0.29, 0.717) is 17.2 Å². The zero-order valence-corrected chi connectivity index (χ0v) is 18.3. The molecule has 1 fully saturated rings. The van der Waals surface area contributed by atoms with Crippen LogP contribution >= 0.6 is 35.3 Å². The van der Waals surface area contributed by atoms with E-state index in [1.807, 2.05) is 48.0 Å². The maximum absolute atomic E-state index is 13.1. The normalized spacial score (nSPS) is 15.4. The van der Waals surface area contributed by atoms with Crippen molar-refractivity contribution in [1.29, 1.82) is 0 Å². The highest BCUT2D eigenvalue weighted by molar-refractivity contribution is 8.00. The summed E-state index contributed by atoms with van der Waals surface area (Å²) >= 11 is 8.40. The Bertz CT molecular complexity index is 1140. The van der Waals surface area contributed by atoms with Crippen LogP contribution in [0.5, 0.6) is 11.5 Å². The van der Waals surface area contributed by atoms with Gasteiger partial charge in [-0.05, 0) is 78.0 Å². The SMILES string of the molecule is CSc1sccc1C=C1C(=O)NC(=S)N(c2ccc(Oc3ccccc3)cc2)C1=O. The van der Waals surface area contributed by atoms with Gasteiger partial charge in [-0.1, -0.05) is 18.2 Å². The number of hydrogen-bond acceptors (Lipinski definition) is 6. The van der Waals surface area contributed by atoms with Gasteiger partial charge >= 0.3 is 0 Å². The molecule has 2 amide bonds. The Kier molecular flexibility index (Phi) is 5.98. The second kappa shape index (κ2) is 8.83. The molecule has 5 nitrogen and oxygen atoms in total. The molecule has 1 aliphatic rings. The van der Waals surface area contributed by atoms with Crippen LogP contribution in [0.25, 0.3) is 6.08 Å². The highest BCUT2D eigenvalue weighted by atomic mass is 32.2. The zero-order valence-electron chi connectivity index (χ0n) is 15.8. The van der Waals surface area contributed by atoms with Crippen LogP contribution in [0.3, 0.4) is 0 Å². The highest BCUT2D eigenvalue weighted by Gasteiger charge is 2.34. The molecule has 0 atom stereocenters. The fraction of sp³-hybridized carbons (Fsp3) is 0.0455. The third-order valence-corrected chi connectivity index (χ3v) is 6.72. The third-order valence-electron chi connectivity index (χ3n) is 4.32. The molecule has 1 aliphatic heterocycles. The van der Waals surface area contributed by atoms with Gasteiger partial charge in [0.15, 0.2) is 5.11 Å². The largest absolute Gasteiger partial charge is 0.457 e. The number of benzene rings is 2. The molecule has 0 unspecified atom stereocenters. The summed E-state index contributed by atoms with van der Waals surface area (Å²) in [6, 6.07) is 18.3. The lowest BCUT2D eigenvalue weighted by atomic mass is 10.1. The van der Waals surface area contributed by atoms with E-state index in [1.54, 1.807) is 53.4 Å². The summed E-state index contributed by atoms with van der Waals surface area (Å²) < 4.78 is 6.82. The van der Waals surface area contributed by atoms with E-state index in [1.165, 1.54) is 4.90 Å². The van der Waals surface area contributed by atoms with Gasteiger partial charge in [0.05, 0.1) is 9.90 Å². The number of hydrogen-bond donors (Lipinski definition) is 1. The van der Waals surface area contributed by atoms with Crippen molar-refractivity contribution in [3.63, 3.8) is 0 Å². The molecule has 2 heterocycles.